The van der Waals surface area contributed by atoms with Crippen molar-refractivity contribution in [1.29, 1.82) is 0 Å². The topological polar surface area (TPSA) is 83.5 Å². The average Bonchev–Trinajstić information content (AvgIpc) is 2.20. The van der Waals surface area contributed by atoms with E-state index in [1.54, 1.807) is 24.3 Å². The summed E-state index contributed by atoms with van der Waals surface area (Å²) in [5, 5.41) is 18.1. The first kappa shape index (κ1) is 12.5. The van der Waals surface area contributed by atoms with Crippen molar-refractivity contribution in [2.24, 2.45) is 11.7 Å². The third-order valence-electron chi connectivity index (χ3n) is 2.67. The Morgan fingerprint density at radius 2 is 1.75 bits per heavy atom. The summed E-state index contributed by atoms with van der Waals surface area (Å²) >= 11 is 0. The van der Waals surface area contributed by atoms with Crippen LogP contribution in [-0.4, -0.2) is 22.2 Å². The minimum atomic E-state index is -1.01. The summed E-state index contributed by atoms with van der Waals surface area (Å²) < 4.78 is 0. The first-order valence-electron chi connectivity index (χ1n) is 5.20. The second kappa shape index (κ2) is 4.99. The van der Waals surface area contributed by atoms with Gasteiger partial charge in [0.05, 0.1) is 0 Å². The Balaban J connectivity index is 3.03. The molecule has 0 aliphatic rings. The van der Waals surface area contributed by atoms with Crippen molar-refractivity contribution in [2.45, 2.75) is 25.8 Å². The largest absolute Gasteiger partial charge is 0.508 e. The van der Waals surface area contributed by atoms with E-state index >= 15 is 0 Å². The van der Waals surface area contributed by atoms with E-state index in [2.05, 4.69) is 0 Å². The highest BCUT2D eigenvalue weighted by molar-refractivity contribution is 5.74. The van der Waals surface area contributed by atoms with E-state index in [4.69, 9.17) is 10.8 Å². The third kappa shape index (κ3) is 2.73. The highest BCUT2D eigenvalue weighted by atomic mass is 16.4. The highest BCUT2D eigenvalue weighted by Gasteiger charge is 2.28. The van der Waals surface area contributed by atoms with Crippen LogP contribution in [0.15, 0.2) is 24.3 Å². The summed E-state index contributed by atoms with van der Waals surface area (Å²) in [4.78, 5) is 10.9. The summed E-state index contributed by atoms with van der Waals surface area (Å²) in [6.45, 7) is 3.86. The molecule has 0 radical (unpaired) electrons. The Morgan fingerprint density at radius 3 is 2.12 bits per heavy atom. The number of benzene rings is 1. The van der Waals surface area contributed by atoms with Gasteiger partial charge in [0.1, 0.15) is 11.8 Å². The van der Waals surface area contributed by atoms with Crippen molar-refractivity contribution in [3.05, 3.63) is 29.8 Å². The fraction of sp³-hybridized carbons (Fsp3) is 0.417. The standard InChI is InChI=1S/C12H17NO3/c1-7(2)10(11(13)12(15)16)8-3-5-9(14)6-4-8/h3-7,10-11,14H,13H2,1-2H3,(H,15,16). The van der Waals surface area contributed by atoms with E-state index < -0.39 is 12.0 Å². The summed E-state index contributed by atoms with van der Waals surface area (Å²) in [7, 11) is 0. The van der Waals surface area contributed by atoms with Gasteiger partial charge in [-0.15, -0.1) is 0 Å². The molecular formula is C12H17NO3. The number of phenolic OH excluding ortho intramolecular Hbond substituents is 1. The van der Waals surface area contributed by atoms with Crippen LogP contribution in [0.25, 0.3) is 0 Å². The van der Waals surface area contributed by atoms with E-state index in [0.717, 1.165) is 5.56 Å². The summed E-state index contributed by atoms with van der Waals surface area (Å²) in [6.07, 6.45) is 0. The number of hydrogen-bond donors (Lipinski definition) is 3. The Hall–Kier alpha value is -1.55. The van der Waals surface area contributed by atoms with E-state index in [9.17, 15) is 9.90 Å². The van der Waals surface area contributed by atoms with Gasteiger partial charge in [-0.05, 0) is 23.6 Å². The number of carboxylic acid groups (broad SMARTS) is 1. The van der Waals surface area contributed by atoms with Crippen LogP contribution >= 0.6 is 0 Å². The fourth-order valence-corrected chi connectivity index (χ4v) is 1.86. The minimum Gasteiger partial charge on any atom is -0.508 e. The van der Waals surface area contributed by atoms with Crippen LogP contribution in [0.1, 0.15) is 25.3 Å². The Morgan fingerprint density at radius 1 is 1.25 bits per heavy atom. The van der Waals surface area contributed by atoms with Crippen LogP contribution in [0, 0.1) is 5.92 Å². The zero-order valence-corrected chi connectivity index (χ0v) is 9.42. The first-order valence-corrected chi connectivity index (χ1v) is 5.20. The molecule has 1 aromatic rings. The maximum atomic E-state index is 10.9. The van der Waals surface area contributed by atoms with Crippen molar-refractivity contribution in [3.8, 4) is 5.75 Å². The van der Waals surface area contributed by atoms with Crippen LogP contribution in [0.2, 0.25) is 0 Å². The molecule has 2 unspecified atom stereocenters. The predicted octanol–water partition coefficient (Wildman–Crippen LogP) is 1.54. The van der Waals surface area contributed by atoms with Crippen LogP contribution < -0.4 is 5.73 Å². The SMILES string of the molecule is CC(C)C(c1ccc(O)cc1)C(N)C(=O)O. The molecule has 1 aromatic carbocycles. The van der Waals surface area contributed by atoms with Crippen molar-refractivity contribution < 1.29 is 15.0 Å². The molecule has 0 saturated carbocycles. The van der Waals surface area contributed by atoms with Gasteiger partial charge < -0.3 is 15.9 Å². The Kier molecular flexibility index (Phi) is 3.90. The van der Waals surface area contributed by atoms with Gasteiger partial charge in [-0.2, -0.15) is 0 Å². The number of carboxylic acids is 1. The first-order chi connectivity index (χ1) is 7.43. The Labute approximate surface area is 94.7 Å². The molecule has 0 saturated heterocycles. The number of carbonyl (C=O) groups is 1. The van der Waals surface area contributed by atoms with Gasteiger partial charge in [0.2, 0.25) is 0 Å². The fourth-order valence-electron chi connectivity index (χ4n) is 1.86. The molecular weight excluding hydrogens is 206 g/mol. The lowest BCUT2D eigenvalue weighted by molar-refractivity contribution is -0.139. The van der Waals surface area contributed by atoms with Crippen LogP contribution in [0.5, 0.6) is 5.75 Å². The van der Waals surface area contributed by atoms with Crippen molar-refractivity contribution in [1.82, 2.24) is 0 Å². The molecule has 16 heavy (non-hydrogen) atoms. The molecule has 0 bridgehead atoms. The smallest absolute Gasteiger partial charge is 0.321 e. The minimum absolute atomic E-state index is 0.121. The van der Waals surface area contributed by atoms with Gasteiger partial charge in [0.25, 0.3) is 0 Å². The number of aliphatic carboxylic acids is 1. The molecule has 1 rings (SSSR count). The average molecular weight is 223 g/mol. The zero-order valence-electron chi connectivity index (χ0n) is 9.42. The quantitative estimate of drug-likeness (QED) is 0.723. The number of hydrogen-bond acceptors (Lipinski definition) is 3. The van der Waals surface area contributed by atoms with Gasteiger partial charge in [0, 0.05) is 5.92 Å². The molecule has 0 aromatic heterocycles. The van der Waals surface area contributed by atoms with Crippen molar-refractivity contribution >= 4 is 5.97 Å². The van der Waals surface area contributed by atoms with E-state index in [1.165, 1.54) is 0 Å². The lowest BCUT2D eigenvalue weighted by Gasteiger charge is -2.25. The number of aromatic hydroxyl groups is 1. The van der Waals surface area contributed by atoms with Gasteiger partial charge >= 0.3 is 5.97 Å². The summed E-state index contributed by atoms with van der Waals surface area (Å²) in [5.74, 6) is -0.976. The molecule has 4 nitrogen and oxygen atoms in total. The van der Waals surface area contributed by atoms with Crippen LogP contribution in [0.4, 0.5) is 0 Å². The lowest BCUT2D eigenvalue weighted by atomic mass is 9.83. The molecule has 2 atom stereocenters. The van der Waals surface area contributed by atoms with Gasteiger partial charge in [-0.3, -0.25) is 4.79 Å². The number of phenols is 1. The van der Waals surface area contributed by atoms with E-state index in [0.29, 0.717) is 0 Å². The maximum Gasteiger partial charge on any atom is 0.321 e. The van der Waals surface area contributed by atoms with Crippen molar-refractivity contribution in [2.75, 3.05) is 0 Å². The maximum absolute atomic E-state index is 10.9. The predicted molar refractivity (Wildman–Crippen MR) is 61.3 cm³/mol. The molecule has 0 spiro atoms. The molecule has 88 valence electrons. The second-order valence-electron chi connectivity index (χ2n) is 4.23. The van der Waals surface area contributed by atoms with Crippen LogP contribution in [0.3, 0.4) is 0 Å². The molecule has 4 N–H and O–H groups in total. The number of nitrogens with two attached hydrogens (primary N) is 1. The Bertz CT molecular complexity index is 359. The highest BCUT2D eigenvalue weighted by Crippen LogP contribution is 2.28. The second-order valence-corrected chi connectivity index (χ2v) is 4.23. The molecule has 0 amide bonds. The van der Waals surface area contributed by atoms with Gasteiger partial charge in [0.15, 0.2) is 0 Å². The molecule has 0 fully saturated rings. The molecule has 0 heterocycles. The monoisotopic (exact) mass is 223 g/mol. The lowest BCUT2D eigenvalue weighted by Crippen LogP contribution is -2.38. The van der Waals surface area contributed by atoms with Gasteiger partial charge in [-0.25, -0.2) is 0 Å². The molecule has 0 aliphatic heterocycles. The van der Waals surface area contributed by atoms with Crippen LogP contribution in [-0.2, 0) is 4.79 Å². The van der Waals surface area contributed by atoms with Gasteiger partial charge in [-0.1, -0.05) is 26.0 Å². The molecule has 0 aliphatic carbocycles. The summed E-state index contributed by atoms with van der Waals surface area (Å²) in [6, 6.07) is 5.58. The third-order valence-corrected chi connectivity index (χ3v) is 2.67. The van der Waals surface area contributed by atoms with Crippen molar-refractivity contribution in [3.63, 3.8) is 0 Å². The van der Waals surface area contributed by atoms with E-state index in [1.807, 2.05) is 13.8 Å². The summed E-state index contributed by atoms with van der Waals surface area (Å²) in [5.41, 5.74) is 6.51. The molecule has 4 heteroatoms. The zero-order chi connectivity index (χ0) is 12.3. The van der Waals surface area contributed by atoms with E-state index in [-0.39, 0.29) is 17.6 Å². The number of rotatable bonds is 4. The normalized spacial score (nSPS) is 14.8.